The summed E-state index contributed by atoms with van der Waals surface area (Å²) in [4.78, 5) is 27.8. The third-order valence-corrected chi connectivity index (χ3v) is 14.6. The van der Waals surface area contributed by atoms with E-state index in [2.05, 4.69) is 13.8 Å². The summed E-state index contributed by atoms with van der Waals surface area (Å²) in [6.45, 7) is 10.3. The second-order valence-electron chi connectivity index (χ2n) is 17.2. The van der Waals surface area contributed by atoms with Crippen molar-refractivity contribution in [2.45, 2.75) is 110 Å². The lowest BCUT2D eigenvalue weighted by molar-refractivity contribution is -0.212. The van der Waals surface area contributed by atoms with E-state index in [0.29, 0.717) is 17.9 Å². The highest BCUT2D eigenvalue weighted by Crippen LogP contribution is 2.70. The van der Waals surface area contributed by atoms with Gasteiger partial charge >= 0.3 is 0 Å². The molecule has 1 aromatic rings. The van der Waals surface area contributed by atoms with Crippen LogP contribution in [0.5, 0.6) is 5.75 Å². The molecule has 0 radical (unpaired) electrons. The highest BCUT2D eigenvalue weighted by atomic mass is 16.3. The van der Waals surface area contributed by atoms with Crippen LogP contribution in [0.15, 0.2) is 42.0 Å². The maximum Gasteiger partial charge on any atom is 0.184 e. The van der Waals surface area contributed by atoms with E-state index in [1.807, 2.05) is 13.8 Å². The van der Waals surface area contributed by atoms with E-state index < -0.39 is 52.4 Å². The van der Waals surface area contributed by atoms with Gasteiger partial charge in [0, 0.05) is 16.7 Å². The molecule has 6 rings (SSSR count). The van der Waals surface area contributed by atoms with Crippen LogP contribution in [0.3, 0.4) is 0 Å². The first-order valence-corrected chi connectivity index (χ1v) is 17.5. The van der Waals surface area contributed by atoms with E-state index in [1.165, 1.54) is 24.3 Å². The predicted molar refractivity (Wildman–Crippen MR) is 178 cm³/mol. The van der Waals surface area contributed by atoms with E-state index in [-0.39, 0.29) is 47.2 Å². The number of aliphatic hydroxyl groups is 5. The maximum atomic E-state index is 14.3. The van der Waals surface area contributed by atoms with Gasteiger partial charge in [-0.1, -0.05) is 58.4 Å². The van der Waals surface area contributed by atoms with Crippen LogP contribution < -0.4 is 0 Å². The van der Waals surface area contributed by atoms with Gasteiger partial charge in [0.05, 0.1) is 24.9 Å². The highest BCUT2D eigenvalue weighted by Gasteiger charge is 2.68. The number of allylic oxidation sites excluding steroid dienone is 2. The van der Waals surface area contributed by atoms with Crippen LogP contribution in [0.2, 0.25) is 0 Å². The second kappa shape index (κ2) is 11.6. The lowest BCUT2D eigenvalue weighted by Gasteiger charge is -2.64. The molecule has 1 aromatic carbocycles. The van der Waals surface area contributed by atoms with Crippen LogP contribution in [0.1, 0.15) is 91.5 Å². The zero-order chi connectivity index (χ0) is 34.3. The van der Waals surface area contributed by atoms with Gasteiger partial charge in [0.15, 0.2) is 11.6 Å². The van der Waals surface area contributed by atoms with Crippen molar-refractivity contribution in [3.05, 3.63) is 47.6 Å². The summed E-state index contributed by atoms with van der Waals surface area (Å²) in [7, 11) is 0. The predicted octanol–water partition coefficient (Wildman–Crippen LogP) is 4.59. The summed E-state index contributed by atoms with van der Waals surface area (Å²) in [5.41, 5.74) is -1.47. The summed E-state index contributed by atoms with van der Waals surface area (Å²) in [6.07, 6.45) is 5.45. The van der Waals surface area contributed by atoms with Gasteiger partial charge < -0.3 is 30.6 Å². The lowest BCUT2D eigenvalue weighted by Crippen LogP contribution is -2.67. The molecular weight excluding hydrogens is 596 g/mol. The van der Waals surface area contributed by atoms with Gasteiger partial charge in [-0.3, -0.25) is 9.59 Å². The van der Waals surface area contributed by atoms with Gasteiger partial charge in [-0.25, -0.2) is 0 Å². The highest BCUT2D eigenvalue weighted by molar-refractivity contribution is 6.00. The Morgan fingerprint density at radius 2 is 1.62 bits per heavy atom. The van der Waals surface area contributed by atoms with Crippen molar-refractivity contribution in [3.8, 4) is 5.75 Å². The third-order valence-electron chi connectivity index (χ3n) is 14.6. The minimum absolute atomic E-state index is 0.0517. The average molecular weight is 651 g/mol. The van der Waals surface area contributed by atoms with E-state index >= 15 is 0 Å². The maximum absolute atomic E-state index is 14.3. The summed E-state index contributed by atoms with van der Waals surface area (Å²) < 4.78 is 0. The van der Waals surface area contributed by atoms with Crippen molar-refractivity contribution in [1.29, 1.82) is 0 Å². The fourth-order valence-corrected chi connectivity index (χ4v) is 12.3. The molecular formula is C39H54O8. The minimum atomic E-state index is -1.74. The van der Waals surface area contributed by atoms with Gasteiger partial charge in [-0.15, -0.1) is 0 Å². The zero-order valence-corrected chi connectivity index (χ0v) is 28.5. The van der Waals surface area contributed by atoms with E-state index in [4.69, 9.17) is 0 Å². The third kappa shape index (κ3) is 5.03. The van der Waals surface area contributed by atoms with Gasteiger partial charge in [0.1, 0.15) is 11.9 Å². The van der Waals surface area contributed by atoms with Gasteiger partial charge in [-0.2, -0.15) is 0 Å². The van der Waals surface area contributed by atoms with Crippen molar-refractivity contribution >= 4 is 17.6 Å². The molecule has 0 amide bonds. The minimum Gasteiger partial charge on any atom is -0.508 e. The largest absolute Gasteiger partial charge is 0.508 e. The molecule has 8 heteroatoms. The van der Waals surface area contributed by atoms with Crippen LogP contribution >= 0.6 is 0 Å². The number of phenolic OH excluding ortho intramolecular Hbond substituents is 1. The van der Waals surface area contributed by atoms with E-state index in [0.717, 1.165) is 44.1 Å². The quantitative estimate of drug-likeness (QED) is 0.253. The first kappa shape index (κ1) is 34.5. The molecule has 5 aliphatic carbocycles. The smallest absolute Gasteiger partial charge is 0.184 e. The van der Waals surface area contributed by atoms with Crippen LogP contribution in [0.25, 0.3) is 6.08 Å². The number of carbonyl (C=O) groups excluding carboxylic acids is 2. The normalized spacial score (nSPS) is 47.1. The fraction of sp³-hybridized carbons (Fsp3) is 0.692. The Balaban J connectivity index is 1.35. The number of hydrogen-bond acceptors (Lipinski definition) is 8. The van der Waals surface area contributed by atoms with Crippen molar-refractivity contribution in [2.75, 3.05) is 6.61 Å². The summed E-state index contributed by atoms with van der Waals surface area (Å²) in [5.74, 6) is -1.28. The molecule has 0 spiro atoms. The number of aromatic hydroxyl groups is 1. The van der Waals surface area contributed by atoms with Crippen molar-refractivity contribution < 1.29 is 40.2 Å². The molecule has 0 heterocycles. The molecule has 0 aromatic heterocycles. The number of hydrogen-bond donors (Lipinski definition) is 6. The first-order chi connectivity index (χ1) is 22.0. The number of aliphatic hydroxyl groups excluding tert-OH is 5. The lowest BCUT2D eigenvalue weighted by atomic mass is 9.42. The molecule has 13 atom stereocenters. The number of ketones is 2. The molecule has 8 nitrogen and oxygen atoms in total. The molecule has 47 heavy (non-hydrogen) atoms. The van der Waals surface area contributed by atoms with Crippen LogP contribution in [-0.4, -0.2) is 73.2 Å². The van der Waals surface area contributed by atoms with Crippen molar-refractivity contribution in [1.82, 2.24) is 0 Å². The molecule has 5 aliphatic rings. The Bertz CT molecular complexity index is 1470. The van der Waals surface area contributed by atoms with E-state index in [9.17, 15) is 40.2 Å². The molecule has 4 saturated carbocycles. The Hall–Kier alpha value is -2.36. The molecule has 6 N–H and O–H groups in total. The topological polar surface area (TPSA) is 156 Å². The van der Waals surface area contributed by atoms with Gasteiger partial charge in [0.2, 0.25) is 0 Å². The standard InChI is InChI=1S/C39H54O8/c1-35-16-14-30-36(2,17-15-31(45)38(30,4)21-40)29(35)13-11-25-23(19-35)18-27(43)32-37(25,3)20-28(44)34(47)39(32,5)33(46)26(42)12-8-22-6-9-24(41)10-7-22/h6-10,12,18,25,28-34,40-41,44-47H,11,13-17,19-21H2,1-5H3. The molecule has 0 saturated heterocycles. The Morgan fingerprint density at radius 3 is 2.28 bits per heavy atom. The molecule has 4 fully saturated rings. The number of carbonyl (C=O) groups is 2. The second-order valence-corrected chi connectivity index (χ2v) is 17.2. The average Bonchev–Trinajstić information content (AvgIpc) is 3.17. The monoisotopic (exact) mass is 650 g/mol. The molecule has 13 unspecified atom stereocenters. The van der Waals surface area contributed by atoms with Gasteiger partial charge in [0.25, 0.3) is 0 Å². The summed E-state index contributed by atoms with van der Waals surface area (Å²) in [5, 5.41) is 65.7. The van der Waals surface area contributed by atoms with Crippen LogP contribution in [0, 0.1) is 50.7 Å². The SMILES string of the molecule is CC12CCC3C(C)(CO)C(O)CCC3(C)C1CCC1C(=CC(=O)C3C1(C)CC(O)C(O)C3(C)C(O)C(=O)C=Cc1ccc(O)cc1)C2. The van der Waals surface area contributed by atoms with Crippen LogP contribution in [-0.2, 0) is 9.59 Å². The van der Waals surface area contributed by atoms with Gasteiger partial charge in [-0.05, 0) is 115 Å². The number of benzene rings is 1. The van der Waals surface area contributed by atoms with E-state index in [1.54, 1.807) is 25.1 Å². The summed E-state index contributed by atoms with van der Waals surface area (Å²) in [6, 6.07) is 6.25. The fourth-order valence-electron chi connectivity index (χ4n) is 12.3. The number of phenols is 1. The Labute approximate surface area is 278 Å². The Morgan fingerprint density at radius 1 is 0.936 bits per heavy atom. The number of fused-ring (bicyclic) bond motifs is 6. The zero-order valence-electron chi connectivity index (χ0n) is 28.5. The van der Waals surface area contributed by atoms with Crippen molar-refractivity contribution in [3.63, 3.8) is 0 Å². The first-order valence-electron chi connectivity index (χ1n) is 17.5. The molecule has 0 bridgehead atoms. The number of rotatable bonds is 5. The van der Waals surface area contributed by atoms with Crippen LogP contribution in [0.4, 0.5) is 0 Å². The van der Waals surface area contributed by atoms with Crippen molar-refractivity contribution in [2.24, 2.45) is 50.7 Å². The molecule has 258 valence electrons. The molecule has 0 aliphatic heterocycles. The Kier molecular flexibility index (Phi) is 8.53. The summed E-state index contributed by atoms with van der Waals surface area (Å²) >= 11 is 0.